The molecular weight excluding hydrogens is 260 g/mol. The summed E-state index contributed by atoms with van der Waals surface area (Å²) in [5.74, 6) is 0.763. The number of benzene rings is 1. The monoisotopic (exact) mass is 282 g/mol. The molecule has 1 aromatic rings. The van der Waals surface area contributed by atoms with Gasteiger partial charge in [0.25, 0.3) is 0 Å². The van der Waals surface area contributed by atoms with Gasteiger partial charge in [-0.05, 0) is 36.5 Å². The van der Waals surface area contributed by atoms with Crippen molar-refractivity contribution >= 4 is 23.4 Å². The average molecular weight is 282 g/mol. The third-order valence-electron chi connectivity index (χ3n) is 2.82. The molecule has 0 saturated carbocycles. The summed E-state index contributed by atoms with van der Waals surface area (Å²) in [5.41, 5.74) is 7.74. The molecule has 0 heterocycles. The highest BCUT2D eigenvalue weighted by Gasteiger charge is 2.14. The van der Waals surface area contributed by atoms with E-state index in [0.29, 0.717) is 13.0 Å². The lowest BCUT2D eigenvalue weighted by molar-refractivity contribution is -0.117. The highest BCUT2D eigenvalue weighted by Crippen LogP contribution is 2.16. The minimum Gasteiger partial charge on any atom is -0.384 e. The van der Waals surface area contributed by atoms with Crippen molar-refractivity contribution in [2.75, 3.05) is 31.0 Å². The molecule has 0 aliphatic heterocycles. The molecule has 5 heteroatoms. The SMILES string of the molecule is COCCc1ccccc1NC(=O)[C@@H](N)CCSC. The minimum absolute atomic E-state index is 0.126. The molecule has 1 amide bonds. The van der Waals surface area contributed by atoms with Gasteiger partial charge in [0.2, 0.25) is 5.91 Å². The molecule has 0 aliphatic carbocycles. The summed E-state index contributed by atoms with van der Waals surface area (Å²) in [5, 5.41) is 2.90. The smallest absolute Gasteiger partial charge is 0.241 e. The van der Waals surface area contributed by atoms with Crippen LogP contribution in [0.5, 0.6) is 0 Å². The van der Waals surface area contributed by atoms with E-state index in [9.17, 15) is 4.79 Å². The molecule has 19 heavy (non-hydrogen) atoms. The summed E-state index contributed by atoms with van der Waals surface area (Å²) in [6.07, 6.45) is 3.46. The van der Waals surface area contributed by atoms with Gasteiger partial charge in [-0.3, -0.25) is 4.79 Å². The normalized spacial score (nSPS) is 12.2. The Balaban J connectivity index is 2.62. The molecule has 3 N–H and O–H groups in total. The lowest BCUT2D eigenvalue weighted by atomic mass is 10.1. The van der Waals surface area contributed by atoms with Gasteiger partial charge in [-0.25, -0.2) is 0 Å². The zero-order chi connectivity index (χ0) is 14.1. The Kier molecular flexibility index (Phi) is 7.55. The van der Waals surface area contributed by atoms with Crippen molar-refractivity contribution < 1.29 is 9.53 Å². The summed E-state index contributed by atoms with van der Waals surface area (Å²) in [6, 6.07) is 7.28. The molecule has 0 spiro atoms. The van der Waals surface area contributed by atoms with Gasteiger partial charge in [0.15, 0.2) is 0 Å². The third kappa shape index (κ3) is 5.63. The van der Waals surface area contributed by atoms with Crippen molar-refractivity contribution in [1.29, 1.82) is 0 Å². The second-order valence-electron chi connectivity index (χ2n) is 4.28. The number of nitrogens with one attached hydrogen (secondary N) is 1. The highest BCUT2D eigenvalue weighted by atomic mass is 32.2. The van der Waals surface area contributed by atoms with Crippen LogP contribution in [0, 0.1) is 0 Å². The molecule has 1 aromatic carbocycles. The van der Waals surface area contributed by atoms with Crippen molar-refractivity contribution in [1.82, 2.24) is 0 Å². The molecular formula is C14H22N2O2S. The van der Waals surface area contributed by atoms with Gasteiger partial charge in [-0.15, -0.1) is 0 Å². The van der Waals surface area contributed by atoms with Gasteiger partial charge in [-0.1, -0.05) is 18.2 Å². The number of para-hydroxylation sites is 1. The number of carbonyl (C=O) groups excluding carboxylic acids is 1. The number of ether oxygens (including phenoxy) is 1. The standard InChI is InChI=1S/C14H22N2O2S/c1-18-9-7-11-5-3-4-6-13(11)16-14(17)12(15)8-10-19-2/h3-6,12H,7-10,15H2,1-2H3,(H,16,17)/t12-/m0/s1. The van der Waals surface area contributed by atoms with Gasteiger partial charge in [0.05, 0.1) is 12.6 Å². The molecule has 0 bridgehead atoms. The number of rotatable bonds is 8. The average Bonchev–Trinajstić information content (AvgIpc) is 2.43. The quantitative estimate of drug-likeness (QED) is 0.764. The molecule has 0 unspecified atom stereocenters. The Morgan fingerprint density at radius 1 is 1.47 bits per heavy atom. The topological polar surface area (TPSA) is 64.3 Å². The molecule has 4 nitrogen and oxygen atoms in total. The molecule has 106 valence electrons. The highest BCUT2D eigenvalue weighted by molar-refractivity contribution is 7.98. The Morgan fingerprint density at radius 3 is 2.89 bits per heavy atom. The molecule has 0 aliphatic rings. The van der Waals surface area contributed by atoms with E-state index in [2.05, 4.69) is 5.32 Å². The third-order valence-corrected chi connectivity index (χ3v) is 3.46. The lowest BCUT2D eigenvalue weighted by Gasteiger charge is -2.14. The van der Waals surface area contributed by atoms with Crippen LogP contribution < -0.4 is 11.1 Å². The van der Waals surface area contributed by atoms with Crippen LogP contribution in [0.1, 0.15) is 12.0 Å². The second kappa shape index (κ2) is 8.96. The van der Waals surface area contributed by atoms with Crippen LogP contribution >= 0.6 is 11.8 Å². The summed E-state index contributed by atoms with van der Waals surface area (Å²) in [7, 11) is 1.67. The van der Waals surface area contributed by atoms with Crippen molar-refractivity contribution in [3.63, 3.8) is 0 Å². The van der Waals surface area contributed by atoms with Gasteiger partial charge >= 0.3 is 0 Å². The van der Waals surface area contributed by atoms with Crippen molar-refractivity contribution in [3.8, 4) is 0 Å². The zero-order valence-electron chi connectivity index (χ0n) is 11.5. The van der Waals surface area contributed by atoms with Crippen molar-refractivity contribution in [3.05, 3.63) is 29.8 Å². The van der Waals surface area contributed by atoms with Crippen LogP contribution in [-0.4, -0.2) is 37.7 Å². The Labute approximate surface area is 119 Å². The van der Waals surface area contributed by atoms with E-state index < -0.39 is 6.04 Å². The summed E-state index contributed by atoms with van der Waals surface area (Å²) >= 11 is 1.69. The van der Waals surface area contributed by atoms with E-state index in [-0.39, 0.29) is 5.91 Å². The number of thioether (sulfide) groups is 1. The number of hydrogen-bond acceptors (Lipinski definition) is 4. The Hall–Kier alpha value is -1.04. The van der Waals surface area contributed by atoms with Crippen LogP contribution in [-0.2, 0) is 16.0 Å². The number of carbonyl (C=O) groups is 1. The Bertz CT molecular complexity index is 399. The second-order valence-corrected chi connectivity index (χ2v) is 5.26. The number of amides is 1. The lowest BCUT2D eigenvalue weighted by Crippen LogP contribution is -2.36. The first-order chi connectivity index (χ1) is 9.19. The maximum Gasteiger partial charge on any atom is 0.241 e. The molecule has 1 rings (SSSR count). The van der Waals surface area contributed by atoms with Crippen LogP contribution in [0.4, 0.5) is 5.69 Å². The van der Waals surface area contributed by atoms with Gasteiger partial charge < -0.3 is 15.8 Å². The van der Waals surface area contributed by atoms with E-state index in [1.165, 1.54) is 0 Å². The maximum atomic E-state index is 12.0. The number of methoxy groups -OCH3 is 1. The van der Waals surface area contributed by atoms with E-state index in [1.807, 2.05) is 30.5 Å². The van der Waals surface area contributed by atoms with E-state index in [4.69, 9.17) is 10.5 Å². The Morgan fingerprint density at radius 2 is 2.21 bits per heavy atom. The fraction of sp³-hybridized carbons (Fsp3) is 0.500. The molecule has 0 radical (unpaired) electrons. The summed E-state index contributed by atoms with van der Waals surface area (Å²) in [4.78, 5) is 12.0. The fourth-order valence-electron chi connectivity index (χ4n) is 1.67. The van der Waals surface area contributed by atoms with Crippen LogP contribution in [0.2, 0.25) is 0 Å². The first kappa shape index (κ1) is 16.0. The predicted octanol–water partition coefficient (Wildman–Crippen LogP) is 1.89. The van der Waals surface area contributed by atoms with E-state index in [1.54, 1.807) is 18.9 Å². The van der Waals surface area contributed by atoms with E-state index in [0.717, 1.165) is 23.4 Å². The zero-order valence-corrected chi connectivity index (χ0v) is 12.3. The summed E-state index contributed by atoms with van der Waals surface area (Å²) < 4.78 is 5.07. The molecule has 1 atom stereocenters. The van der Waals surface area contributed by atoms with Gasteiger partial charge in [-0.2, -0.15) is 11.8 Å². The molecule has 0 aromatic heterocycles. The number of nitrogens with two attached hydrogens (primary N) is 1. The van der Waals surface area contributed by atoms with Crippen LogP contribution in [0.15, 0.2) is 24.3 Å². The summed E-state index contributed by atoms with van der Waals surface area (Å²) in [6.45, 7) is 0.630. The number of anilines is 1. The van der Waals surface area contributed by atoms with E-state index >= 15 is 0 Å². The van der Waals surface area contributed by atoms with Crippen molar-refractivity contribution in [2.24, 2.45) is 5.73 Å². The van der Waals surface area contributed by atoms with Gasteiger partial charge in [0, 0.05) is 12.8 Å². The van der Waals surface area contributed by atoms with Crippen LogP contribution in [0.3, 0.4) is 0 Å². The minimum atomic E-state index is -0.456. The molecule has 0 fully saturated rings. The predicted molar refractivity (Wildman–Crippen MR) is 81.6 cm³/mol. The number of hydrogen-bond donors (Lipinski definition) is 2. The largest absolute Gasteiger partial charge is 0.384 e. The first-order valence-corrected chi connectivity index (χ1v) is 7.70. The fourth-order valence-corrected chi connectivity index (χ4v) is 2.16. The van der Waals surface area contributed by atoms with Crippen LogP contribution in [0.25, 0.3) is 0 Å². The first-order valence-electron chi connectivity index (χ1n) is 6.31. The van der Waals surface area contributed by atoms with Crippen molar-refractivity contribution in [2.45, 2.75) is 18.9 Å². The van der Waals surface area contributed by atoms with Gasteiger partial charge in [0.1, 0.15) is 0 Å². The maximum absolute atomic E-state index is 12.0. The molecule has 0 saturated heterocycles.